The first kappa shape index (κ1) is 24.3. The number of hydrogen-bond donors (Lipinski definition) is 1. The first-order valence-corrected chi connectivity index (χ1v) is 11.6. The Labute approximate surface area is 213 Å². The van der Waals surface area contributed by atoms with Gasteiger partial charge >= 0.3 is 0 Å². The third-order valence-electron chi connectivity index (χ3n) is 5.07. The molecule has 0 fully saturated rings. The summed E-state index contributed by atoms with van der Waals surface area (Å²) >= 11 is 12.1. The molecule has 0 aliphatic rings. The molecule has 0 aliphatic heterocycles. The summed E-state index contributed by atoms with van der Waals surface area (Å²) in [5.41, 5.74) is 5.62. The molecule has 35 heavy (non-hydrogen) atoms. The van der Waals surface area contributed by atoms with Gasteiger partial charge < -0.3 is 9.47 Å². The van der Waals surface area contributed by atoms with E-state index in [0.29, 0.717) is 40.3 Å². The van der Waals surface area contributed by atoms with Crippen molar-refractivity contribution in [1.29, 1.82) is 0 Å². The summed E-state index contributed by atoms with van der Waals surface area (Å²) in [6.07, 6.45) is 1.55. The fourth-order valence-electron chi connectivity index (χ4n) is 3.16. The van der Waals surface area contributed by atoms with Gasteiger partial charge in [-0.2, -0.15) is 5.10 Å². The molecule has 0 atom stereocenters. The van der Waals surface area contributed by atoms with Gasteiger partial charge in [0.1, 0.15) is 24.7 Å². The van der Waals surface area contributed by atoms with Crippen LogP contribution in [0.2, 0.25) is 10.0 Å². The normalized spacial score (nSPS) is 10.8. The number of rotatable bonds is 9. The van der Waals surface area contributed by atoms with Crippen LogP contribution in [0.1, 0.15) is 27.0 Å². The SMILES string of the molecule is O=C(N/N=C/c1ccccc1OCc1ccccc1Cl)c1ccc(OCc2ccc(Cl)cc2)cc1. The lowest BCUT2D eigenvalue weighted by Gasteiger charge is -2.10. The van der Waals surface area contributed by atoms with Gasteiger partial charge in [-0.1, -0.05) is 65.7 Å². The Balaban J connectivity index is 1.31. The topological polar surface area (TPSA) is 59.9 Å². The second kappa shape index (κ2) is 12.1. The van der Waals surface area contributed by atoms with Crippen LogP contribution in [0.25, 0.3) is 0 Å². The minimum atomic E-state index is -0.333. The molecule has 1 N–H and O–H groups in total. The van der Waals surface area contributed by atoms with Gasteiger partial charge in [0.2, 0.25) is 0 Å². The number of carbonyl (C=O) groups excluding carboxylic acids is 1. The Hall–Kier alpha value is -3.80. The van der Waals surface area contributed by atoms with Crippen molar-refractivity contribution < 1.29 is 14.3 Å². The van der Waals surface area contributed by atoms with Crippen molar-refractivity contribution in [1.82, 2.24) is 5.43 Å². The van der Waals surface area contributed by atoms with Crippen molar-refractivity contribution in [2.24, 2.45) is 5.10 Å². The summed E-state index contributed by atoms with van der Waals surface area (Å²) in [7, 11) is 0. The van der Waals surface area contributed by atoms with Gasteiger partial charge in [0, 0.05) is 26.7 Å². The van der Waals surface area contributed by atoms with E-state index in [2.05, 4.69) is 10.5 Å². The number of para-hydroxylation sites is 1. The van der Waals surface area contributed by atoms with Gasteiger partial charge in [-0.25, -0.2) is 5.43 Å². The Kier molecular flexibility index (Phi) is 8.39. The predicted octanol–water partition coefficient (Wildman–Crippen LogP) is 6.92. The van der Waals surface area contributed by atoms with E-state index < -0.39 is 0 Å². The molecule has 0 aliphatic carbocycles. The maximum Gasteiger partial charge on any atom is 0.271 e. The Bertz CT molecular complexity index is 1310. The van der Waals surface area contributed by atoms with Gasteiger partial charge in [0.05, 0.1) is 6.21 Å². The molecule has 176 valence electrons. The Morgan fingerprint density at radius 2 is 1.51 bits per heavy atom. The van der Waals surface area contributed by atoms with Crippen LogP contribution in [0.15, 0.2) is 102 Å². The van der Waals surface area contributed by atoms with Crippen molar-refractivity contribution in [3.05, 3.63) is 129 Å². The molecule has 0 aromatic heterocycles. The van der Waals surface area contributed by atoms with E-state index >= 15 is 0 Å². The first-order valence-electron chi connectivity index (χ1n) is 10.8. The van der Waals surface area contributed by atoms with E-state index in [1.165, 1.54) is 0 Å². The van der Waals surface area contributed by atoms with Gasteiger partial charge in [0.25, 0.3) is 5.91 Å². The van der Waals surface area contributed by atoms with Crippen LogP contribution in [0.3, 0.4) is 0 Å². The molecule has 0 unspecified atom stereocenters. The molecule has 4 aromatic carbocycles. The minimum absolute atomic E-state index is 0.323. The first-order chi connectivity index (χ1) is 17.1. The maximum absolute atomic E-state index is 12.5. The third kappa shape index (κ3) is 7.09. The largest absolute Gasteiger partial charge is 0.489 e. The van der Waals surface area contributed by atoms with Crippen LogP contribution >= 0.6 is 23.2 Å². The van der Waals surface area contributed by atoms with Crippen molar-refractivity contribution in [3.8, 4) is 11.5 Å². The van der Waals surface area contributed by atoms with Gasteiger partial charge in [-0.3, -0.25) is 4.79 Å². The highest BCUT2D eigenvalue weighted by atomic mass is 35.5. The summed E-state index contributed by atoms with van der Waals surface area (Å²) < 4.78 is 11.7. The number of nitrogens with one attached hydrogen (secondary N) is 1. The highest BCUT2D eigenvalue weighted by Gasteiger charge is 2.07. The standard InChI is InChI=1S/C28H22Cl2N2O3/c29-24-13-9-20(10-14-24)18-34-25-15-11-21(12-16-25)28(33)32-31-17-22-5-2-4-8-27(22)35-19-23-6-1-3-7-26(23)30/h1-17H,18-19H2,(H,32,33)/b31-17+. The van der Waals surface area contributed by atoms with Gasteiger partial charge in [-0.05, 0) is 60.2 Å². The molecule has 0 saturated carbocycles. The van der Waals surface area contributed by atoms with Crippen molar-refractivity contribution in [2.75, 3.05) is 0 Å². The summed E-state index contributed by atoms with van der Waals surface area (Å²) in [6, 6.07) is 29.2. The molecule has 0 spiro atoms. The van der Waals surface area contributed by atoms with E-state index in [-0.39, 0.29) is 5.91 Å². The number of hydrazone groups is 1. The summed E-state index contributed by atoms with van der Waals surface area (Å²) in [4.78, 5) is 12.5. The Morgan fingerprint density at radius 1 is 0.800 bits per heavy atom. The smallest absolute Gasteiger partial charge is 0.271 e. The van der Waals surface area contributed by atoms with E-state index in [0.717, 1.165) is 16.7 Å². The zero-order valence-corrected chi connectivity index (χ0v) is 20.2. The van der Waals surface area contributed by atoms with E-state index in [9.17, 15) is 4.79 Å². The lowest BCUT2D eigenvalue weighted by molar-refractivity contribution is 0.0955. The second-order valence-electron chi connectivity index (χ2n) is 7.56. The average Bonchev–Trinajstić information content (AvgIpc) is 2.89. The zero-order chi connectivity index (χ0) is 24.5. The van der Waals surface area contributed by atoms with Crippen molar-refractivity contribution in [3.63, 3.8) is 0 Å². The molecule has 4 rings (SSSR count). The van der Waals surface area contributed by atoms with Gasteiger partial charge in [-0.15, -0.1) is 0 Å². The number of ether oxygens (including phenoxy) is 2. The average molecular weight is 505 g/mol. The molecule has 4 aromatic rings. The molecule has 0 radical (unpaired) electrons. The van der Waals surface area contributed by atoms with Gasteiger partial charge in [0.15, 0.2) is 0 Å². The molecule has 7 heteroatoms. The number of hydrogen-bond acceptors (Lipinski definition) is 4. The molecular weight excluding hydrogens is 483 g/mol. The lowest BCUT2D eigenvalue weighted by atomic mass is 10.2. The quantitative estimate of drug-likeness (QED) is 0.199. The summed E-state index contributed by atoms with van der Waals surface area (Å²) in [5, 5.41) is 5.41. The molecular formula is C28H22Cl2N2O3. The summed E-state index contributed by atoms with van der Waals surface area (Å²) in [6.45, 7) is 0.730. The third-order valence-corrected chi connectivity index (χ3v) is 5.69. The molecule has 0 bridgehead atoms. The fourth-order valence-corrected chi connectivity index (χ4v) is 3.48. The second-order valence-corrected chi connectivity index (χ2v) is 8.40. The molecule has 0 heterocycles. The lowest BCUT2D eigenvalue weighted by Crippen LogP contribution is -2.17. The van der Waals surface area contributed by atoms with Crippen LogP contribution in [0, 0.1) is 0 Å². The minimum Gasteiger partial charge on any atom is -0.489 e. The van der Waals surface area contributed by atoms with Crippen LogP contribution in [-0.4, -0.2) is 12.1 Å². The van der Waals surface area contributed by atoms with E-state index in [1.54, 1.807) is 30.5 Å². The number of carbonyl (C=O) groups is 1. The van der Waals surface area contributed by atoms with E-state index in [1.807, 2.05) is 72.8 Å². The number of nitrogens with zero attached hydrogens (tertiary/aromatic N) is 1. The maximum atomic E-state index is 12.5. The van der Waals surface area contributed by atoms with Crippen molar-refractivity contribution >= 4 is 35.3 Å². The highest BCUT2D eigenvalue weighted by molar-refractivity contribution is 6.31. The van der Waals surface area contributed by atoms with Crippen LogP contribution < -0.4 is 14.9 Å². The molecule has 0 saturated heterocycles. The summed E-state index contributed by atoms with van der Waals surface area (Å²) in [5.74, 6) is 0.956. The Morgan fingerprint density at radius 3 is 2.29 bits per heavy atom. The molecule has 1 amide bonds. The molecule has 5 nitrogen and oxygen atoms in total. The highest BCUT2D eigenvalue weighted by Crippen LogP contribution is 2.21. The number of halogens is 2. The van der Waals surface area contributed by atoms with Crippen LogP contribution in [-0.2, 0) is 13.2 Å². The van der Waals surface area contributed by atoms with Crippen LogP contribution in [0.4, 0.5) is 0 Å². The van der Waals surface area contributed by atoms with Crippen LogP contribution in [0.5, 0.6) is 11.5 Å². The zero-order valence-electron chi connectivity index (χ0n) is 18.7. The monoisotopic (exact) mass is 504 g/mol. The van der Waals surface area contributed by atoms with Crippen molar-refractivity contribution in [2.45, 2.75) is 13.2 Å². The number of benzene rings is 4. The fraction of sp³-hybridized carbons (Fsp3) is 0.0714. The number of amides is 1. The van der Waals surface area contributed by atoms with E-state index in [4.69, 9.17) is 32.7 Å². The predicted molar refractivity (Wildman–Crippen MR) is 140 cm³/mol.